The van der Waals surface area contributed by atoms with Crippen LogP contribution in [0.5, 0.6) is 0 Å². The van der Waals surface area contributed by atoms with Gasteiger partial charge in [0.05, 0.1) is 4.90 Å². The van der Waals surface area contributed by atoms with Crippen LogP contribution in [0.3, 0.4) is 0 Å². The Morgan fingerprint density at radius 3 is 2.28 bits per heavy atom. The molecule has 0 saturated carbocycles. The molecule has 1 amide bonds. The van der Waals surface area contributed by atoms with Crippen molar-refractivity contribution in [3.8, 4) is 0 Å². The molecule has 132 valence electrons. The summed E-state index contributed by atoms with van der Waals surface area (Å²) in [7, 11) is -3.42. The zero-order valence-electron chi connectivity index (χ0n) is 13.4. The molecule has 0 bridgehead atoms. The monoisotopic (exact) mass is 441 g/mol. The maximum atomic E-state index is 12.5. The molecule has 0 aliphatic carbocycles. The second-order valence-corrected chi connectivity index (χ2v) is 9.63. The number of hydrogen-bond donors (Lipinski definition) is 0. The smallest absolute Gasteiger partial charge is 0.222 e. The Balaban J connectivity index is 1.53. The predicted molar refractivity (Wildman–Crippen MR) is 101 cm³/mol. The summed E-state index contributed by atoms with van der Waals surface area (Å²) in [6.07, 6.45) is 1.03. The van der Waals surface area contributed by atoms with Gasteiger partial charge in [0, 0.05) is 29.0 Å². The molecule has 1 aliphatic heterocycles. The molecule has 7 heteroatoms. The number of rotatable bonds is 5. The van der Waals surface area contributed by atoms with Crippen LogP contribution in [0.25, 0.3) is 0 Å². The van der Waals surface area contributed by atoms with Gasteiger partial charge in [-0.2, -0.15) is 0 Å². The number of benzene rings is 2. The number of amides is 1. The van der Waals surface area contributed by atoms with E-state index in [1.807, 2.05) is 24.3 Å². The summed E-state index contributed by atoms with van der Waals surface area (Å²) < 4.78 is 26.0. The first kappa shape index (κ1) is 18.4. The van der Waals surface area contributed by atoms with Crippen molar-refractivity contribution in [3.63, 3.8) is 0 Å². The third-order valence-electron chi connectivity index (χ3n) is 4.32. The molecule has 0 atom stereocenters. The zero-order valence-corrected chi connectivity index (χ0v) is 16.5. The Hall–Kier alpha value is -1.37. The summed E-state index contributed by atoms with van der Waals surface area (Å²) in [6, 6.07) is 14.0. The van der Waals surface area contributed by atoms with Crippen LogP contribution in [0, 0.1) is 0 Å². The molecule has 0 unspecified atom stereocenters. The van der Waals surface area contributed by atoms with Gasteiger partial charge in [0.1, 0.15) is 5.25 Å². The van der Waals surface area contributed by atoms with Gasteiger partial charge >= 0.3 is 0 Å². The Labute approximate surface area is 160 Å². The Bertz CT molecular complexity index is 860. The van der Waals surface area contributed by atoms with Crippen LogP contribution in [0.4, 0.5) is 0 Å². The topological polar surface area (TPSA) is 54.5 Å². The quantitative estimate of drug-likeness (QED) is 0.709. The fraction of sp³-hybridized carbons (Fsp3) is 0.278. The van der Waals surface area contributed by atoms with Crippen molar-refractivity contribution >= 4 is 43.3 Å². The molecule has 2 aromatic carbocycles. The van der Waals surface area contributed by atoms with Crippen molar-refractivity contribution in [2.45, 2.75) is 23.0 Å². The molecule has 3 rings (SSSR count). The first-order valence-electron chi connectivity index (χ1n) is 7.88. The normalized spacial score (nSPS) is 15.0. The average Bonchev–Trinajstić information content (AvgIpc) is 2.53. The van der Waals surface area contributed by atoms with E-state index in [0.717, 1.165) is 10.0 Å². The molecule has 0 aromatic heterocycles. The van der Waals surface area contributed by atoms with Crippen LogP contribution >= 0.6 is 27.5 Å². The minimum Gasteiger partial charge on any atom is -0.340 e. The molecule has 0 radical (unpaired) electrons. The predicted octanol–water partition coefficient (Wildman–Crippen LogP) is 3.72. The number of sulfone groups is 1. The maximum absolute atomic E-state index is 12.5. The van der Waals surface area contributed by atoms with E-state index in [4.69, 9.17) is 11.6 Å². The summed E-state index contributed by atoms with van der Waals surface area (Å²) in [4.78, 5) is 14.1. The number of likely N-dealkylation sites (tertiary alicyclic amines) is 1. The Kier molecular flexibility index (Phi) is 5.51. The molecule has 0 N–H and O–H groups in total. The van der Waals surface area contributed by atoms with Crippen LogP contribution in [0.1, 0.15) is 12.0 Å². The van der Waals surface area contributed by atoms with E-state index in [1.165, 1.54) is 12.1 Å². The molecular formula is C18H17BrClNO3S. The first-order valence-corrected chi connectivity index (χ1v) is 10.6. The van der Waals surface area contributed by atoms with Gasteiger partial charge in [-0.15, -0.1) is 0 Å². The largest absolute Gasteiger partial charge is 0.340 e. The van der Waals surface area contributed by atoms with E-state index in [2.05, 4.69) is 15.9 Å². The lowest BCUT2D eigenvalue weighted by Gasteiger charge is -2.38. The van der Waals surface area contributed by atoms with Gasteiger partial charge in [-0.1, -0.05) is 39.7 Å². The molecule has 1 aliphatic rings. The minimum atomic E-state index is -3.42. The van der Waals surface area contributed by atoms with E-state index < -0.39 is 15.1 Å². The molecule has 0 spiro atoms. The van der Waals surface area contributed by atoms with E-state index in [9.17, 15) is 13.2 Å². The lowest BCUT2D eigenvalue weighted by molar-refractivity contribution is -0.134. The standard InChI is InChI=1S/C18H17BrClNO3S/c19-14-4-1-13(2-5-14)3-10-18(22)21-11-17(12-21)25(23,24)16-8-6-15(20)7-9-16/h1-2,4-9,17H,3,10-12H2. The van der Waals surface area contributed by atoms with E-state index >= 15 is 0 Å². The fourth-order valence-corrected chi connectivity index (χ4v) is 4.76. The molecule has 2 aromatic rings. The number of hydrogen-bond acceptors (Lipinski definition) is 3. The van der Waals surface area contributed by atoms with E-state index in [1.54, 1.807) is 17.0 Å². The van der Waals surface area contributed by atoms with Gasteiger partial charge in [-0.05, 0) is 48.4 Å². The second-order valence-electron chi connectivity index (χ2n) is 6.05. The van der Waals surface area contributed by atoms with Crippen LogP contribution in [0.15, 0.2) is 57.9 Å². The highest BCUT2D eigenvalue weighted by molar-refractivity contribution is 9.10. The van der Waals surface area contributed by atoms with E-state index in [0.29, 0.717) is 17.9 Å². The van der Waals surface area contributed by atoms with Crippen LogP contribution in [0.2, 0.25) is 5.02 Å². The van der Waals surface area contributed by atoms with Crippen LogP contribution in [-0.4, -0.2) is 37.6 Å². The van der Waals surface area contributed by atoms with Crippen molar-refractivity contribution in [3.05, 3.63) is 63.6 Å². The number of carbonyl (C=O) groups is 1. The lowest BCUT2D eigenvalue weighted by atomic mass is 10.1. The maximum Gasteiger partial charge on any atom is 0.222 e. The van der Waals surface area contributed by atoms with Crippen molar-refractivity contribution < 1.29 is 13.2 Å². The van der Waals surface area contributed by atoms with Crippen molar-refractivity contribution in [2.75, 3.05) is 13.1 Å². The van der Waals surface area contributed by atoms with Crippen molar-refractivity contribution in [2.24, 2.45) is 0 Å². The number of nitrogens with zero attached hydrogens (tertiary/aromatic N) is 1. The number of aryl methyl sites for hydroxylation is 1. The average molecular weight is 443 g/mol. The molecule has 1 fully saturated rings. The summed E-state index contributed by atoms with van der Waals surface area (Å²) in [6.45, 7) is 0.508. The molecule has 1 saturated heterocycles. The minimum absolute atomic E-state index is 0.00882. The highest BCUT2D eigenvalue weighted by atomic mass is 79.9. The van der Waals surface area contributed by atoms with Crippen LogP contribution in [-0.2, 0) is 21.1 Å². The molecular weight excluding hydrogens is 426 g/mol. The van der Waals surface area contributed by atoms with Gasteiger partial charge in [0.15, 0.2) is 9.84 Å². The lowest BCUT2D eigenvalue weighted by Crippen LogP contribution is -2.56. The molecule has 25 heavy (non-hydrogen) atoms. The van der Waals surface area contributed by atoms with Gasteiger partial charge in [0.25, 0.3) is 0 Å². The van der Waals surface area contributed by atoms with Gasteiger partial charge in [-0.3, -0.25) is 4.79 Å². The third kappa shape index (κ3) is 4.25. The van der Waals surface area contributed by atoms with Crippen molar-refractivity contribution in [1.29, 1.82) is 0 Å². The van der Waals surface area contributed by atoms with Crippen LogP contribution < -0.4 is 0 Å². The SMILES string of the molecule is O=C(CCc1ccc(Br)cc1)N1CC(S(=O)(=O)c2ccc(Cl)cc2)C1. The van der Waals surface area contributed by atoms with E-state index in [-0.39, 0.29) is 23.9 Å². The number of carbonyl (C=O) groups excluding carboxylic acids is 1. The first-order chi connectivity index (χ1) is 11.9. The summed E-state index contributed by atoms with van der Waals surface area (Å²) in [5.41, 5.74) is 1.09. The van der Waals surface area contributed by atoms with Crippen molar-refractivity contribution in [1.82, 2.24) is 4.90 Å². The zero-order chi connectivity index (χ0) is 18.0. The Morgan fingerprint density at radius 1 is 1.08 bits per heavy atom. The fourth-order valence-electron chi connectivity index (χ4n) is 2.72. The highest BCUT2D eigenvalue weighted by Gasteiger charge is 2.40. The second kappa shape index (κ2) is 7.48. The third-order valence-corrected chi connectivity index (χ3v) is 7.21. The van der Waals surface area contributed by atoms with Gasteiger partial charge < -0.3 is 4.90 Å². The summed E-state index contributed by atoms with van der Waals surface area (Å²) in [5.74, 6) is -0.00882. The molecule has 4 nitrogen and oxygen atoms in total. The highest BCUT2D eigenvalue weighted by Crippen LogP contribution is 2.25. The number of halogens is 2. The summed E-state index contributed by atoms with van der Waals surface area (Å²) >= 11 is 9.18. The molecule has 1 heterocycles. The Morgan fingerprint density at radius 2 is 1.68 bits per heavy atom. The van der Waals surface area contributed by atoms with Gasteiger partial charge in [-0.25, -0.2) is 8.42 Å². The van der Waals surface area contributed by atoms with Gasteiger partial charge in [0.2, 0.25) is 5.91 Å². The summed E-state index contributed by atoms with van der Waals surface area (Å²) in [5, 5.41) is -0.0392.